The third kappa shape index (κ3) is 5.30. The van der Waals surface area contributed by atoms with E-state index in [0.29, 0.717) is 40.6 Å². The number of carbonyl (C=O) groups excluding carboxylic acids is 3. The maximum absolute atomic E-state index is 14.0. The smallest absolute Gasteiger partial charge is 0.343 e. The number of imide groups is 1. The fourth-order valence-corrected chi connectivity index (χ4v) is 5.40. The number of anilines is 2. The molecule has 4 aromatic rings. The number of methoxy groups -OCH3 is 1. The first kappa shape index (κ1) is 28.0. The van der Waals surface area contributed by atoms with Crippen LogP contribution in [0, 0.1) is 5.92 Å². The molecule has 0 unspecified atom stereocenters. The average molecular weight is 579 g/mol. The molecule has 0 N–H and O–H groups in total. The van der Waals surface area contributed by atoms with Crippen molar-refractivity contribution in [2.45, 2.75) is 25.5 Å². The number of benzene rings is 4. The lowest BCUT2D eigenvalue weighted by molar-refractivity contribution is -0.126. The minimum Gasteiger partial charge on any atom is -0.494 e. The summed E-state index contributed by atoms with van der Waals surface area (Å²) in [6, 6.07) is 29.2. The van der Waals surface area contributed by atoms with E-state index in [9.17, 15) is 14.4 Å². The number of para-hydroxylation sites is 1. The van der Waals surface area contributed by atoms with Crippen molar-refractivity contribution in [3.05, 3.63) is 114 Å². The first-order valence-electron chi connectivity index (χ1n) is 14.1. The van der Waals surface area contributed by atoms with Gasteiger partial charge >= 0.3 is 5.97 Å². The normalized spacial score (nSPS) is 19.3. The van der Waals surface area contributed by atoms with Gasteiger partial charge in [0.1, 0.15) is 11.7 Å². The molecule has 2 saturated heterocycles. The zero-order valence-electron chi connectivity index (χ0n) is 23.7. The summed E-state index contributed by atoms with van der Waals surface area (Å²) in [7, 11) is 1.47. The van der Waals surface area contributed by atoms with Gasteiger partial charge in [-0.05, 0) is 72.6 Å². The molecule has 2 fully saturated rings. The second-order valence-electron chi connectivity index (χ2n) is 10.2. The number of carbonyl (C=O) groups is 3. The Morgan fingerprint density at radius 3 is 2.19 bits per heavy atom. The molecule has 2 aliphatic heterocycles. The van der Waals surface area contributed by atoms with E-state index in [-0.39, 0.29) is 11.7 Å². The molecule has 0 saturated carbocycles. The highest BCUT2D eigenvalue weighted by atomic mass is 16.7. The number of hydrogen-bond acceptors (Lipinski definition) is 8. The van der Waals surface area contributed by atoms with Crippen LogP contribution in [0.5, 0.6) is 17.2 Å². The first-order valence-corrected chi connectivity index (χ1v) is 14.1. The van der Waals surface area contributed by atoms with Crippen molar-refractivity contribution in [3.63, 3.8) is 0 Å². The van der Waals surface area contributed by atoms with E-state index in [2.05, 4.69) is 0 Å². The standard InChI is InChI=1S/C34H30N2O7/c1-3-20-41-26-17-15-24(16-18-26)35-32(37)29-30(36(43-31(29)33(35)38)25-12-8-5-9-13-25)23-14-19-27(28(21-23)40-2)42-34(39)22-10-6-4-7-11-22/h4-19,21,29-31H,3,20H2,1-2H3/t29-,30+,31+/m0/s1. The Labute approximate surface area is 249 Å². The average Bonchev–Trinajstić information content (AvgIpc) is 3.56. The van der Waals surface area contributed by atoms with Crippen molar-refractivity contribution in [3.8, 4) is 17.2 Å². The van der Waals surface area contributed by atoms with Crippen molar-refractivity contribution in [1.82, 2.24) is 0 Å². The second-order valence-corrected chi connectivity index (χ2v) is 10.2. The van der Waals surface area contributed by atoms with Crippen LogP contribution in [0.2, 0.25) is 0 Å². The molecule has 2 aliphatic rings. The molecule has 2 amide bonds. The maximum atomic E-state index is 14.0. The minimum atomic E-state index is -1.03. The molecule has 218 valence electrons. The van der Waals surface area contributed by atoms with E-state index in [4.69, 9.17) is 19.0 Å². The predicted molar refractivity (Wildman–Crippen MR) is 159 cm³/mol. The summed E-state index contributed by atoms with van der Waals surface area (Å²) in [6.45, 7) is 2.59. The van der Waals surface area contributed by atoms with Crippen molar-refractivity contribution >= 4 is 29.2 Å². The monoisotopic (exact) mass is 578 g/mol. The summed E-state index contributed by atoms with van der Waals surface area (Å²) in [5, 5.41) is 1.61. The lowest BCUT2D eigenvalue weighted by Crippen LogP contribution is -2.37. The Morgan fingerprint density at radius 1 is 0.814 bits per heavy atom. The molecule has 2 heterocycles. The van der Waals surface area contributed by atoms with Gasteiger partial charge in [0.15, 0.2) is 17.6 Å². The highest BCUT2D eigenvalue weighted by Crippen LogP contribution is 2.48. The number of fused-ring (bicyclic) bond motifs is 1. The van der Waals surface area contributed by atoms with Gasteiger partial charge in [-0.25, -0.2) is 14.8 Å². The molecule has 9 heteroatoms. The third-order valence-corrected chi connectivity index (χ3v) is 7.44. The van der Waals surface area contributed by atoms with Gasteiger partial charge in [0, 0.05) is 0 Å². The van der Waals surface area contributed by atoms with Gasteiger partial charge < -0.3 is 14.2 Å². The largest absolute Gasteiger partial charge is 0.494 e. The number of hydroxylamine groups is 1. The molecule has 4 aromatic carbocycles. The summed E-state index contributed by atoms with van der Waals surface area (Å²) >= 11 is 0. The molecule has 0 aromatic heterocycles. The topological polar surface area (TPSA) is 94.6 Å². The van der Waals surface area contributed by atoms with Crippen molar-refractivity contribution in [1.29, 1.82) is 0 Å². The lowest BCUT2D eigenvalue weighted by Gasteiger charge is -2.29. The summed E-state index contributed by atoms with van der Waals surface area (Å²) in [6.07, 6.45) is -0.165. The molecular weight excluding hydrogens is 548 g/mol. The maximum Gasteiger partial charge on any atom is 0.343 e. The fourth-order valence-electron chi connectivity index (χ4n) is 5.40. The van der Waals surface area contributed by atoms with E-state index in [0.717, 1.165) is 6.42 Å². The molecular formula is C34H30N2O7. The predicted octanol–water partition coefficient (Wildman–Crippen LogP) is 5.75. The molecule has 0 radical (unpaired) electrons. The Bertz CT molecular complexity index is 1630. The Kier molecular flexibility index (Phi) is 7.81. The van der Waals surface area contributed by atoms with E-state index < -0.39 is 29.9 Å². The van der Waals surface area contributed by atoms with Crippen LogP contribution in [0.4, 0.5) is 11.4 Å². The van der Waals surface area contributed by atoms with E-state index in [1.807, 2.05) is 43.3 Å². The van der Waals surface area contributed by atoms with Crippen molar-refractivity contribution < 1.29 is 33.4 Å². The van der Waals surface area contributed by atoms with E-state index in [1.165, 1.54) is 12.0 Å². The zero-order chi connectivity index (χ0) is 29.9. The third-order valence-electron chi connectivity index (χ3n) is 7.44. The lowest BCUT2D eigenvalue weighted by atomic mass is 9.90. The van der Waals surface area contributed by atoms with Gasteiger partial charge in [0.05, 0.1) is 36.7 Å². The summed E-state index contributed by atoms with van der Waals surface area (Å²) < 4.78 is 16.9. The number of amides is 2. The van der Waals surface area contributed by atoms with Gasteiger partial charge in [-0.15, -0.1) is 0 Å². The molecule has 9 nitrogen and oxygen atoms in total. The van der Waals surface area contributed by atoms with Crippen LogP contribution in [0.3, 0.4) is 0 Å². The number of ether oxygens (including phenoxy) is 3. The molecule has 43 heavy (non-hydrogen) atoms. The van der Waals surface area contributed by atoms with Crippen LogP contribution in [0.15, 0.2) is 103 Å². The summed E-state index contributed by atoms with van der Waals surface area (Å²) in [5.41, 5.74) is 2.18. The van der Waals surface area contributed by atoms with Gasteiger partial charge in [-0.2, -0.15) is 0 Å². The van der Waals surface area contributed by atoms with E-state index >= 15 is 0 Å². The second kappa shape index (κ2) is 12.0. The van der Waals surface area contributed by atoms with Crippen molar-refractivity contribution in [2.75, 3.05) is 23.7 Å². The SMILES string of the molecule is CCCOc1ccc(N2C(=O)[C@H]3[C@@H](c4ccc(OC(=O)c5ccccc5)c(OC)c4)N(c4ccccc4)O[C@H]3C2=O)cc1. The quantitative estimate of drug-likeness (QED) is 0.141. The number of hydrogen-bond donors (Lipinski definition) is 0. The van der Waals surface area contributed by atoms with Gasteiger partial charge in [0.25, 0.3) is 5.91 Å². The minimum absolute atomic E-state index is 0.225. The number of esters is 1. The fraction of sp³-hybridized carbons (Fsp3) is 0.206. The first-order chi connectivity index (χ1) is 21.0. The van der Waals surface area contributed by atoms with E-state index in [1.54, 1.807) is 71.8 Å². The van der Waals surface area contributed by atoms with Crippen LogP contribution in [0.1, 0.15) is 35.3 Å². The zero-order valence-corrected chi connectivity index (χ0v) is 23.7. The van der Waals surface area contributed by atoms with Crippen LogP contribution >= 0.6 is 0 Å². The molecule has 0 bridgehead atoms. The summed E-state index contributed by atoms with van der Waals surface area (Å²) in [4.78, 5) is 47.8. The molecule has 0 aliphatic carbocycles. The summed E-state index contributed by atoms with van der Waals surface area (Å²) in [5.74, 6) is -1.00. The molecule has 0 spiro atoms. The molecule has 6 rings (SSSR count). The van der Waals surface area contributed by atoms with Crippen LogP contribution < -0.4 is 24.2 Å². The highest BCUT2D eigenvalue weighted by Gasteiger charge is 2.60. The highest BCUT2D eigenvalue weighted by molar-refractivity contribution is 6.24. The van der Waals surface area contributed by atoms with Crippen LogP contribution in [0.25, 0.3) is 0 Å². The van der Waals surface area contributed by atoms with Crippen molar-refractivity contribution in [2.24, 2.45) is 5.92 Å². The van der Waals surface area contributed by atoms with Gasteiger partial charge in [-0.1, -0.05) is 49.4 Å². The molecule has 3 atom stereocenters. The van der Waals surface area contributed by atoms with Crippen LogP contribution in [-0.4, -0.2) is 37.6 Å². The Morgan fingerprint density at radius 2 is 1.51 bits per heavy atom. The number of nitrogens with zero attached hydrogens (tertiary/aromatic N) is 2. The Hall–Kier alpha value is -5.15. The van der Waals surface area contributed by atoms with Gasteiger partial charge in [0.2, 0.25) is 5.91 Å². The van der Waals surface area contributed by atoms with Crippen LogP contribution in [-0.2, 0) is 14.4 Å². The van der Waals surface area contributed by atoms with Gasteiger partial charge in [-0.3, -0.25) is 14.4 Å². The number of rotatable bonds is 9. The Balaban J connectivity index is 1.34.